The van der Waals surface area contributed by atoms with Crippen molar-refractivity contribution in [1.29, 1.82) is 0 Å². The van der Waals surface area contributed by atoms with Crippen molar-refractivity contribution >= 4 is 22.6 Å². The second kappa shape index (κ2) is 3.19. The fraction of sp³-hybridized carbons (Fsp3) is 1.00. The van der Waals surface area contributed by atoms with Gasteiger partial charge in [-0.2, -0.15) is 0 Å². The Balaban J connectivity index is 2.37. The molecule has 1 saturated heterocycles. The van der Waals surface area contributed by atoms with Crippen molar-refractivity contribution in [3.05, 3.63) is 0 Å². The van der Waals surface area contributed by atoms with Crippen molar-refractivity contribution in [3.63, 3.8) is 0 Å². The maximum atomic E-state index is 5.26. The molecule has 2 heteroatoms. The molecule has 0 N–H and O–H groups in total. The molecular formula is C7H13IO. The molecule has 0 amide bonds. The fourth-order valence-corrected chi connectivity index (χ4v) is 1.76. The van der Waals surface area contributed by atoms with E-state index in [1.807, 2.05) is 0 Å². The molecule has 0 unspecified atom stereocenters. The molecule has 0 aromatic carbocycles. The highest BCUT2D eigenvalue weighted by molar-refractivity contribution is 14.1. The Kier molecular flexibility index (Phi) is 2.76. The largest absolute Gasteiger partial charge is 0.381 e. The average molecular weight is 240 g/mol. The van der Waals surface area contributed by atoms with Gasteiger partial charge in [0.15, 0.2) is 0 Å². The number of rotatable bonds is 1. The van der Waals surface area contributed by atoms with Crippen molar-refractivity contribution < 1.29 is 4.74 Å². The quantitative estimate of drug-likeness (QED) is 0.504. The normalized spacial score (nSPS) is 26.0. The molecule has 1 fully saturated rings. The van der Waals surface area contributed by atoms with Crippen LogP contribution in [0.15, 0.2) is 0 Å². The first kappa shape index (κ1) is 7.79. The topological polar surface area (TPSA) is 9.23 Å². The van der Waals surface area contributed by atoms with Crippen LogP contribution in [0.25, 0.3) is 0 Å². The van der Waals surface area contributed by atoms with Gasteiger partial charge in [0.05, 0.1) is 0 Å². The molecule has 0 aliphatic carbocycles. The van der Waals surface area contributed by atoms with Gasteiger partial charge in [-0.3, -0.25) is 0 Å². The second-order valence-corrected chi connectivity index (χ2v) is 3.82. The lowest BCUT2D eigenvalue weighted by Gasteiger charge is -2.31. The molecule has 1 nitrogen and oxygen atoms in total. The van der Waals surface area contributed by atoms with Gasteiger partial charge in [0.25, 0.3) is 0 Å². The van der Waals surface area contributed by atoms with Crippen LogP contribution in [0.3, 0.4) is 0 Å². The minimum absolute atomic E-state index is 0.582. The number of alkyl halides is 1. The molecule has 0 bridgehead atoms. The van der Waals surface area contributed by atoms with E-state index in [1.165, 1.54) is 17.3 Å². The van der Waals surface area contributed by atoms with Crippen LogP contribution < -0.4 is 0 Å². The summed E-state index contributed by atoms with van der Waals surface area (Å²) in [5.41, 5.74) is 0.582. The minimum atomic E-state index is 0.582. The first-order valence-electron chi connectivity index (χ1n) is 3.41. The molecular weight excluding hydrogens is 227 g/mol. The van der Waals surface area contributed by atoms with E-state index < -0.39 is 0 Å². The average Bonchev–Trinajstić information content (AvgIpc) is 1.90. The third-order valence-electron chi connectivity index (χ3n) is 2.02. The molecule has 54 valence electrons. The Morgan fingerprint density at radius 2 is 2.00 bits per heavy atom. The summed E-state index contributed by atoms with van der Waals surface area (Å²) in [5, 5.41) is 0. The lowest BCUT2D eigenvalue weighted by Crippen LogP contribution is -2.27. The zero-order chi connectivity index (χ0) is 6.74. The molecule has 9 heavy (non-hydrogen) atoms. The van der Waals surface area contributed by atoms with Crippen LogP contribution in [0, 0.1) is 5.41 Å². The van der Waals surface area contributed by atoms with Crippen LogP contribution in [0.5, 0.6) is 0 Å². The predicted molar refractivity (Wildman–Crippen MR) is 47.0 cm³/mol. The number of hydrogen-bond donors (Lipinski definition) is 0. The van der Waals surface area contributed by atoms with E-state index in [2.05, 4.69) is 29.5 Å². The van der Waals surface area contributed by atoms with Crippen LogP contribution in [0.4, 0.5) is 0 Å². The Hall–Kier alpha value is 0.690. The number of hydrogen-bond acceptors (Lipinski definition) is 1. The molecule has 0 saturated carbocycles. The van der Waals surface area contributed by atoms with E-state index in [1.54, 1.807) is 0 Å². The van der Waals surface area contributed by atoms with Crippen molar-refractivity contribution in [2.24, 2.45) is 5.41 Å². The predicted octanol–water partition coefficient (Wildman–Crippen LogP) is 2.24. The van der Waals surface area contributed by atoms with Crippen LogP contribution in [-0.2, 0) is 4.74 Å². The highest BCUT2D eigenvalue weighted by Gasteiger charge is 2.25. The molecule has 1 heterocycles. The third-order valence-corrected chi connectivity index (χ3v) is 3.86. The van der Waals surface area contributed by atoms with Crippen LogP contribution >= 0.6 is 22.6 Å². The summed E-state index contributed by atoms with van der Waals surface area (Å²) in [6.07, 6.45) is 2.49. The molecule has 0 aromatic rings. The van der Waals surface area contributed by atoms with Gasteiger partial charge in [-0.25, -0.2) is 0 Å². The molecule has 1 aliphatic rings. The summed E-state index contributed by atoms with van der Waals surface area (Å²) in [6.45, 7) is 4.29. The standard InChI is InChI=1S/C7H13IO/c1-7(6-8)2-4-9-5-3-7/h2-6H2,1H3. The van der Waals surface area contributed by atoms with Crippen LogP contribution in [0.2, 0.25) is 0 Å². The van der Waals surface area contributed by atoms with Gasteiger partial charge < -0.3 is 4.74 Å². The summed E-state index contributed by atoms with van der Waals surface area (Å²) in [6, 6.07) is 0. The molecule has 0 spiro atoms. The van der Waals surface area contributed by atoms with Gasteiger partial charge in [0, 0.05) is 17.6 Å². The van der Waals surface area contributed by atoms with Crippen molar-refractivity contribution in [2.45, 2.75) is 19.8 Å². The maximum Gasteiger partial charge on any atom is 0.0471 e. The van der Waals surface area contributed by atoms with Crippen molar-refractivity contribution in [1.82, 2.24) is 0 Å². The highest BCUT2D eigenvalue weighted by Crippen LogP contribution is 2.31. The second-order valence-electron chi connectivity index (χ2n) is 3.06. The van der Waals surface area contributed by atoms with Crippen molar-refractivity contribution in [3.8, 4) is 0 Å². The van der Waals surface area contributed by atoms with E-state index in [4.69, 9.17) is 4.74 Å². The summed E-state index contributed by atoms with van der Waals surface area (Å²) in [7, 11) is 0. The van der Waals surface area contributed by atoms with E-state index in [-0.39, 0.29) is 0 Å². The van der Waals surface area contributed by atoms with E-state index in [0.717, 1.165) is 13.2 Å². The van der Waals surface area contributed by atoms with Gasteiger partial charge in [-0.15, -0.1) is 0 Å². The van der Waals surface area contributed by atoms with E-state index >= 15 is 0 Å². The molecule has 0 radical (unpaired) electrons. The zero-order valence-corrected chi connectivity index (χ0v) is 7.98. The monoisotopic (exact) mass is 240 g/mol. The molecule has 1 rings (SSSR count). The third kappa shape index (κ3) is 2.08. The summed E-state index contributed by atoms with van der Waals surface area (Å²) in [4.78, 5) is 0. The Morgan fingerprint density at radius 1 is 1.44 bits per heavy atom. The van der Waals surface area contributed by atoms with Gasteiger partial charge >= 0.3 is 0 Å². The molecule has 0 atom stereocenters. The lowest BCUT2D eigenvalue weighted by molar-refractivity contribution is 0.0361. The van der Waals surface area contributed by atoms with Gasteiger partial charge in [-0.05, 0) is 18.3 Å². The van der Waals surface area contributed by atoms with Crippen molar-refractivity contribution in [2.75, 3.05) is 17.6 Å². The lowest BCUT2D eigenvalue weighted by atomic mass is 9.85. The number of halogens is 1. The Bertz CT molecular complexity index is 86.9. The van der Waals surface area contributed by atoms with Crippen LogP contribution in [-0.4, -0.2) is 17.6 Å². The van der Waals surface area contributed by atoms with E-state index in [9.17, 15) is 0 Å². The smallest absolute Gasteiger partial charge is 0.0471 e. The zero-order valence-electron chi connectivity index (χ0n) is 5.82. The van der Waals surface area contributed by atoms with E-state index in [0.29, 0.717) is 5.41 Å². The molecule has 0 aromatic heterocycles. The SMILES string of the molecule is CC1(CI)CCOCC1. The van der Waals surface area contributed by atoms with Gasteiger partial charge in [-0.1, -0.05) is 29.5 Å². The summed E-state index contributed by atoms with van der Waals surface area (Å²) >= 11 is 2.47. The van der Waals surface area contributed by atoms with Gasteiger partial charge in [0.1, 0.15) is 0 Å². The Morgan fingerprint density at radius 3 is 2.33 bits per heavy atom. The fourth-order valence-electron chi connectivity index (χ4n) is 0.998. The first-order chi connectivity index (χ1) is 4.27. The van der Waals surface area contributed by atoms with Crippen LogP contribution in [0.1, 0.15) is 19.8 Å². The summed E-state index contributed by atoms with van der Waals surface area (Å²) in [5.74, 6) is 0. The maximum absolute atomic E-state index is 5.26. The number of ether oxygens (including phenoxy) is 1. The molecule has 1 aliphatic heterocycles. The Labute approximate surface area is 70.3 Å². The summed E-state index contributed by atoms with van der Waals surface area (Å²) < 4.78 is 6.54. The van der Waals surface area contributed by atoms with Gasteiger partial charge in [0.2, 0.25) is 0 Å². The highest BCUT2D eigenvalue weighted by atomic mass is 127. The minimum Gasteiger partial charge on any atom is -0.381 e. The first-order valence-corrected chi connectivity index (χ1v) is 4.93.